The number of carbonyl (C=O) groups is 4. The van der Waals surface area contributed by atoms with Gasteiger partial charge in [0.05, 0.1) is 69.2 Å². The molecule has 344 valence electrons. The van der Waals surface area contributed by atoms with Gasteiger partial charge in [-0.05, 0) is 90.1 Å². The molecular weight excluding hydrogens is 833 g/mol. The number of carbonyl (C=O) groups excluding carboxylic acids is 4. The van der Waals surface area contributed by atoms with E-state index in [2.05, 4.69) is 69.5 Å². The van der Waals surface area contributed by atoms with Crippen LogP contribution >= 0.6 is 0 Å². The number of likely N-dealkylation sites (tertiary alicyclic amines) is 2. The predicted octanol–water partition coefficient (Wildman–Crippen LogP) is 5.28. The first-order chi connectivity index (χ1) is 31.5. The molecule has 6 atom stereocenters. The minimum atomic E-state index is -0.928. The van der Waals surface area contributed by atoms with E-state index in [1.807, 2.05) is 18.7 Å². The number of nitrogens with one attached hydrogen (secondary N) is 4. The van der Waals surface area contributed by atoms with Gasteiger partial charge in [0.2, 0.25) is 11.8 Å². The molecule has 0 bridgehead atoms. The van der Waals surface area contributed by atoms with Crippen LogP contribution in [0.3, 0.4) is 0 Å². The third-order valence-electron chi connectivity index (χ3n) is 14.4. The molecule has 0 radical (unpaired) electrons. The quantitative estimate of drug-likeness (QED) is 0.171. The molecule has 4 fully saturated rings. The Morgan fingerprint density at radius 2 is 1.60 bits per heavy atom. The van der Waals surface area contributed by atoms with Gasteiger partial charge >= 0.3 is 12.2 Å². The second-order valence-electron chi connectivity index (χ2n) is 18.6. The molecule has 1 aromatic heterocycles. The highest BCUT2D eigenvalue weighted by molar-refractivity contribution is 6.05. The third kappa shape index (κ3) is 8.05. The fourth-order valence-electron chi connectivity index (χ4n) is 11.0. The Morgan fingerprint density at radius 1 is 0.846 bits per heavy atom. The fourth-order valence-corrected chi connectivity index (χ4v) is 11.0. The van der Waals surface area contributed by atoms with Gasteiger partial charge in [-0.3, -0.25) is 14.6 Å². The van der Waals surface area contributed by atoms with Crippen molar-refractivity contribution in [3.63, 3.8) is 0 Å². The lowest BCUT2D eigenvalue weighted by Gasteiger charge is -2.34. The average molecular weight is 891 g/mol. The van der Waals surface area contributed by atoms with Gasteiger partial charge in [0, 0.05) is 31.6 Å². The maximum atomic E-state index is 14.6. The summed E-state index contributed by atoms with van der Waals surface area (Å²) in [6.45, 7) is 6.60. The van der Waals surface area contributed by atoms with Crippen LogP contribution in [-0.2, 0) is 39.7 Å². The molecule has 2 unspecified atom stereocenters. The fraction of sp³-hybridized carbons (Fsp3) is 0.542. The summed E-state index contributed by atoms with van der Waals surface area (Å²) < 4.78 is 27.7. The highest BCUT2D eigenvalue weighted by Gasteiger charge is 2.55. The largest absolute Gasteiger partial charge is 0.453 e. The van der Waals surface area contributed by atoms with Crippen molar-refractivity contribution in [3.8, 4) is 11.1 Å². The number of nitrogens with zero attached hydrogens (tertiary/aromatic N) is 4. The zero-order chi connectivity index (χ0) is 45.0. The Morgan fingerprint density at radius 3 is 2.37 bits per heavy atom. The van der Waals surface area contributed by atoms with Crippen LogP contribution < -0.4 is 16.0 Å². The number of imidazole rings is 1. The number of aryl methyl sites for hydroxylation is 1. The molecular formula is C48H58N8O9. The van der Waals surface area contributed by atoms with E-state index in [0.29, 0.717) is 52.2 Å². The molecule has 6 heterocycles. The molecule has 17 nitrogen and oxygen atoms in total. The number of fused-ring (bicyclic) bond motifs is 6. The van der Waals surface area contributed by atoms with Crippen molar-refractivity contribution in [2.45, 2.75) is 101 Å². The summed E-state index contributed by atoms with van der Waals surface area (Å²) >= 11 is 0. The van der Waals surface area contributed by atoms with Gasteiger partial charge in [-0.25, -0.2) is 14.6 Å². The van der Waals surface area contributed by atoms with Gasteiger partial charge in [-0.2, -0.15) is 0 Å². The zero-order valence-corrected chi connectivity index (χ0v) is 37.4. The molecule has 1 aliphatic carbocycles. The first-order valence-corrected chi connectivity index (χ1v) is 23.1. The van der Waals surface area contributed by atoms with Gasteiger partial charge < -0.3 is 54.4 Å². The number of amidine groups is 1. The number of methoxy groups -OCH3 is 2. The van der Waals surface area contributed by atoms with Crippen molar-refractivity contribution in [1.82, 2.24) is 35.7 Å². The SMILES string of the molecule is COC(=O)N[C@H](C(=O)N1CCC[C@H]1c1nc2c(ccc3cc(-c4ccc5c(c4)CCC4NC([C@@H]6CC7(CN6C(=O)[C@@H](NC(=O)OC)C6CCOCC6)OCCO7)=NC54)ccc32)[nH]1)C(C)C. The number of hydrogen-bond donors (Lipinski definition) is 4. The van der Waals surface area contributed by atoms with Crippen molar-refractivity contribution in [2.75, 3.05) is 53.7 Å². The summed E-state index contributed by atoms with van der Waals surface area (Å²) in [5.74, 6) is 0.00225. The van der Waals surface area contributed by atoms with Gasteiger partial charge in [-0.15, -0.1) is 0 Å². The van der Waals surface area contributed by atoms with Crippen LogP contribution in [0, 0.1) is 11.8 Å². The first kappa shape index (κ1) is 43.1. The van der Waals surface area contributed by atoms with Crippen LogP contribution in [0.15, 0.2) is 53.5 Å². The number of aromatic amines is 1. The highest BCUT2D eigenvalue weighted by atomic mass is 16.7. The second-order valence-corrected chi connectivity index (χ2v) is 18.6. The normalized spacial score (nSPS) is 24.7. The number of rotatable bonds is 9. The topological polar surface area (TPSA) is 198 Å². The Balaban J connectivity index is 0.890. The van der Waals surface area contributed by atoms with Crippen LogP contribution in [-0.4, -0.2) is 133 Å². The van der Waals surface area contributed by atoms with E-state index in [4.69, 9.17) is 33.7 Å². The third-order valence-corrected chi connectivity index (χ3v) is 14.4. The van der Waals surface area contributed by atoms with Crippen LogP contribution in [0.2, 0.25) is 0 Å². The van der Waals surface area contributed by atoms with E-state index >= 15 is 0 Å². The number of benzene rings is 3. The molecule has 65 heavy (non-hydrogen) atoms. The maximum Gasteiger partial charge on any atom is 0.407 e. The lowest BCUT2D eigenvalue weighted by Crippen LogP contribution is -2.56. The maximum absolute atomic E-state index is 14.6. The van der Waals surface area contributed by atoms with E-state index in [-0.39, 0.29) is 48.3 Å². The molecule has 1 spiro atoms. The molecule has 4 aromatic rings. The summed E-state index contributed by atoms with van der Waals surface area (Å²) in [6.07, 6.45) is 3.84. The van der Waals surface area contributed by atoms with Crippen LogP contribution in [0.1, 0.15) is 81.4 Å². The predicted molar refractivity (Wildman–Crippen MR) is 240 cm³/mol. The summed E-state index contributed by atoms with van der Waals surface area (Å²) in [4.78, 5) is 70.6. The van der Waals surface area contributed by atoms with Crippen LogP contribution in [0.4, 0.5) is 9.59 Å². The average Bonchev–Trinajstić information content (AvgIpc) is 4.19. The summed E-state index contributed by atoms with van der Waals surface area (Å²) in [5.41, 5.74) is 6.39. The smallest absolute Gasteiger partial charge is 0.407 e. The Kier molecular flexibility index (Phi) is 11.6. The Bertz CT molecular complexity index is 2530. The summed E-state index contributed by atoms with van der Waals surface area (Å²) in [5, 5.41) is 11.4. The molecule has 10 rings (SSSR count). The number of alkyl carbamates (subject to hydrolysis) is 2. The van der Waals surface area contributed by atoms with E-state index in [9.17, 15) is 19.2 Å². The van der Waals surface area contributed by atoms with Crippen molar-refractivity contribution >= 4 is 51.6 Å². The van der Waals surface area contributed by atoms with Crippen molar-refractivity contribution in [3.05, 3.63) is 65.5 Å². The van der Waals surface area contributed by atoms with E-state index in [0.717, 1.165) is 70.3 Å². The highest BCUT2D eigenvalue weighted by Crippen LogP contribution is 2.43. The Labute approximate surface area is 377 Å². The van der Waals surface area contributed by atoms with Gasteiger partial charge in [0.25, 0.3) is 0 Å². The molecule has 6 aliphatic rings. The van der Waals surface area contributed by atoms with Crippen molar-refractivity contribution < 1.29 is 42.9 Å². The summed E-state index contributed by atoms with van der Waals surface area (Å²) in [7, 11) is 2.60. The van der Waals surface area contributed by atoms with Crippen LogP contribution in [0.25, 0.3) is 32.9 Å². The first-order valence-electron chi connectivity index (χ1n) is 23.1. The molecule has 3 aromatic carbocycles. The standard InChI is InChI=1S/C48H58N8O9/c1-26(2)38(53-46(59)61-3)44(57)55-17-5-6-36(55)42-49-34-13-9-30-22-28(7-11-32(30)40(34)51-42)29-8-12-33-31(23-29)10-14-35-41(33)52-43(50-35)37-24-48(64-20-21-65-48)25-56(37)45(58)39(54-47(60)62-4)27-15-18-63-19-16-27/h7-9,11-13,22-23,26-27,35-39,41H,5-6,10,14-21,24-25H2,1-4H3,(H,49,51)(H,50,52)(H,53,59)(H,54,60)/t35?,36-,37-,38-,39-,41?/m0/s1. The minimum Gasteiger partial charge on any atom is -0.453 e. The number of ether oxygens (including phenoxy) is 5. The Hall–Kier alpha value is -5.78. The summed E-state index contributed by atoms with van der Waals surface area (Å²) in [6, 6.07) is 15.1. The van der Waals surface area contributed by atoms with Gasteiger partial charge in [-0.1, -0.05) is 50.2 Å². The van der Waals surface area contributed by atoms with Crippen molar-refractivity contribution in [1.29, 1.82) is 0 Å². The molecule has 0 saturated carbocycles. The molecule has 17 heteroatoms. The number of H-pyrrole nitrogens is 1. The van der Waals surface area contributed by atoms with Gasteiger partial charge in [0.15, 0.2) is 5.79 Å². The number of amides is 4. The zero-order valence-electron chi connectivity index (χ0n) is 37.4. The minimum absolute atomic E-state index is 0.0752. The lowest BCUT2D eigenvalue weighted by atomic mass is 9.83. The monoisotopic (exact) mass is 890 g/mol. The second kappa shape index (κ2) is 17.5. The molecule has 4 saturated heterocycles. The molecule has 5 aliphatic heterocycles. The van der Waals surface area contributed by atoms with Crippen molar-refractivity contribution in [2.24, 2.45) is 16.8 Å². The number of hydrogen-bond acceptors (Lipinski definition) is 12. The molecule has 4 amide bonds. The van der Waals surface area contributed by atoms with Crippen LogP contribution in [0.5, 0.6) is 0 Å². The molecule has 4 N–H and O–H groups in total. The lowest BCUT2D eigenvalue weighted by molar-refractivity contribution is -0.154. The number of aromatic nitrogens is 2. The van der Waals surface area contributed by atoms with E-state index in [1.165, 1.54) is 25.3 Å². The van der Waals surface area contributed by atoms with E-state index in [1.54, 1.807) is 4.90 Å². The van der Waals surface area contributed by atoms with Gasteiger partial charge in [0.1, 0.15) is 23.7 Å². The number of aliphatic imine (C=N–C) groups is 1. The van der Waals surface area contributed by atoms with E-state index < -0.39 is 36.1 Å².